The molecular weight excluding hydrogens is 508 g/mol. The smallest absolute Gasteiger partial charge is 0.0473 e. The van der Waals surface area contributed by atoms with Gasteiger partial charge in [-0.05, 0) is 116 Å². The van der Waals surface area contributed by atoms with Crippen LogP contribution in [0.3, 0.4) is 0 Å². The predicted octanol–water partition coefficient (Wildman–Crippen LogP) is 11.5. The van der Waals surface area contributed by atoms with Crippen LogP contribution in [0.5, 0.6) is 0 Å². The lowest BCUT2D eigenvalue weighted by Crippen LogP contribution is -2.09. The van der Waals surface area contributed by atoms with Crippen LogP contribution in [-0.2, 0) is 0 Å². The largest absolute Gasteiger partial charge is 0.356 e. The van der Waals surface area contributed by atoms with Crippen molar-refractivity contribution in [3.8, 4) is 11.1 Å². The van der Waals surface area contributed by atoms with Gasteiger partial charge in [-0.1, -0.05) is 91.0 Å². The van der Waals surface area contributed by atoms with E-state index in [1.807, 2.05) is 18.2 Å². The summed E-state index contributed by atoms with van der Waals surface area (Å²) in [5.41, 5.74) is 8.06. The number of nitrogens with one attached hydrogen (secondary N) is 1. The zero-order valence-corrected chi connectivity index (χ0v) is 23.0. The van der Waals surface area contributed by atoms with Crippen LogP contribution >= 0.6 is 0 Å². The Morgan fingerprint density at radius 1 is 0.333 bits per heavy atom. The van der Waals surface area contributed by atoms with Crippen molar-refractivity contribution in [1.29, 1.82) is 0 Å². The number of benzene rings is 8. The van der Waals surface area contributed by atoms with Gasteiger partial charge in [0.15, 0.2) is 0 Å². The van der Waals surface area contributed by atoms with Crippen molar-refractivity contribution in [2.45, 2.75) is 0 Å². The number of para-hydroxylation sites is 3. The van der Waals surface area contributed by atoms with Crippen molar-refractivity contribution in [2.75, 3.05) is 10.2 Å². The number of rotatable bonds is 6. The maximum Gasteiger partial charge on any atom is 0.0473 e. The van der Waals surface area contributed by atoms with E-state index in [1.165, 1.54) is 43.4 Å². The third kappa shape index (κ3) is 4.31. The summed E-state index contributed by atoms with van der Waals surface area (Å²) in [4.78, 5) is 2.34. The molecule has 0 aliphatic carbocycles. The Bertz CT molecular complexity index is 2030. The highest BCUT2D eigenvalue weighted by molar-refractivity contribution is 6.24. The molecule has 8 rings (SSSR count). The Labute approximate surface area is 245 Å². The van der Waals surface area contributed by atoms with E-state index >= 15 is 0 Å². The number of nitrogens with zero attached hydrogens (tertiary/aromatic N) is 1. The molecule has 0 fully saturated rings. The van der Waals surface area contributed by atoms with Crippen LogP contribution in [0.25, 0.3) is 43.4 Å². The normalized spacial score (nSPS) is 11.3. The van der Waals surface area contributed by atoms with Gasteiger partial charge in [0.25, 0.3) is 0 Å². The molecule has 0 aliphatic rings. The first-order chi connectivity index (χ1) is 20.8. The molecule has 0 radical (unpaired) electrons. The molecule has 1 N–H and O–H groups in total. The van der Waals surface area contributed by atoms with Crippen LogP contribution in [-0.4, -0.2) is 0 Å². The topological polar surface area (TPSA) is 15.3 Å². The second kappa shape index (κ2) is 10.1. The minimum absolute atomic E-state index is 1.08. The maximum absolute atomic E-state index is 3.48. The van der Waals surface area contributed by atoms with Crippen LogP contribution in [0.1, 0.15) is 0 Å². The number of hydrogen-bond donors (Lipinski definition) is 1. The molecule has 0 heterocycles. The van der Waals surface area contributed by atoms with Crippen molar-refractivity contribution >= 4 is 60.8 Å². The SMILES string of the molecule is c1ccc(Nc2ccc(-c3cc4ccc5cc(N(c6ccccc6)c6ccccc6)cc6ccc(c3)c4c56)cc2)cc1. The lowest BCUT2D eigenvalue weighted by atomic mass is 9.91. The predicted molar refractivity (Wildman–Crippen MR) is 180 cm³/mol. The van der Waals surface area contributed by atoms with E-state index in [9.17, 15) is 0 Å². The van der Waals surface area contributed by atoms with Crippen molar-refractivity contribution in [3.05, 3.63) is 164 Å². The third-order valence-electron chi connectivity index (χ3n) is 8.09. The van der Waals surface area contributed by atoms with Crippen molar-refractivity contribution in [2.24, 2.45) is 0 Å². The Morgan fingerprint density at radius 2 is 0.762 bits per heavy atom. The van der Waals surface area contributed by atoms with Gasteiger partial charge in [0.05, 0.1) is 0 Å². The number of hydrogen-bond acceptors (Lipinski definition) is 2. The van der Waals surface area contributed by atoms with Gasteiger partial charge in [0.2, 0.25) is 0 Å². The molecule has 8 aromatic carbocycles. The Kier molecular flexibility index (Phi) is 5.82. The van der Waals surface area contributed by atoms with E-state index in [0.717, 1.165) is 28.4 Å². The fraction of sp³-hybridized carbons (Fsp3) is 0. The van der Waals surface area contributed by atoms with Gasteiger partial charge in [-0.3, -0.25) is 0 Å². The first-order valence-corrected chi connectivity index (χ1v) is 14.4. The average molecular weight is 537 g/mol. The lowest BCUT2D eigenvalue weighted by Gasteiger charge is -2.26. The molecular formula is C40H28N2. The fourth-order valence-corrected chi connectivity index (χ4v) is 6.15. The summed E-state index contributed by atoms with van der Waals surface area (Å²) in [5.74, 6) is 0. The molecule has 0 amide bonds. The van der Waals surface area contributed by atoms with E-state index in [1.54, 1.807) is 0 Å². The second-order valence-corrected chi connectivity index (χ2v) is 10.8. The van der Waals surface area contributed by atoms with Gasteiger partial charge in [-0.25, -0.2) is 0 Å². The summed E-state index contributed by atoms with van der Waals surface area (Å²) in [6, 6.07) is 58.6. The van der Waals surface area contributed by atoms with E-state index in [2.05, 4.69) is 156 Å². The van der Waals surface area contributed by atoms with E-state index in [-0.39, 0.29) is 0 Å². The molecule has 0 atom stereocenters. The van der Waals surface area contributed by atoms with Crippen LogP contribution in [0, 0.1) is 0 Å². The second-order valence-electron chi connectivity index (χ2n) is 10.8. The highest BCUT2D eigenvalue weighted by Crippen LogP contribution is 2.42. The Hall–Kier alpha value is -5.60. The monoisotopic (exact) mass is 536 g/mol. The van der Waals surface area contributed by atoms with Gasteiger partial charge in [-0.2, -0.15) is 0 Å². The van der Waals surface area contributed by atoms with Crippen molar-refractivity contribution < 1.29 is 0 Å². The Balaban J connectivity index is 1.21. The lowest BCUT2D eigenvalue weighted by molar-refractivity contribution is 1.29. The van der Waals surface area contributed by atoms with Crippen molar-refractivity contribution in [3.63, 3.8) is 0 Å². The minimum Gasteiger partial charge on any atom is -0.356 e. The average Bonchev–Trinajstić information content (AvgIpc) is 3.05. The molecule has 8 aromatic rings. The van der Waals surface area contributed by atoms with Gasteiger partial charge in [0, 0.05) is 28.4 Å². The van der Waals surface area contributed by atoms with Gasteiger partial charge in [-0.15, -0.1) is 0 Å². The van der Waals surface area contributed by atoms with Crippen LogP contribution < -0.4 is 10.2 Å². The summed E-state index contributed by atoms with van der Waals surface area (Å²) in [7, 11) is 0. The molecule has 42 heavy (non-hydrogen) atoms. The van der Waals surface area contributed by atoms with E-state index < -0.39 is 0 Å². The standard InChI is InChI=1S/C40H28N2/c1-4-10-34(11-5-1)41-35-22-20-28(21-23-35)33-24-29-16-18-31-26-38(27-32-19-17-30(25-33)39(29)40(31)32)42(36-12-6-2-7-13-36)37-14-8-3-9-15-37/h1-27,41H. The van der Waals surface area contributed by atoms with Crippen molar-refractivity contribution in [1.82, 2.24) is 0 Å². The minimum atomic E-state index is 1.08. The highest BCUT2D eigenvalue weighted by atomic mass is 15.1. The number of anilines is 5. The first-order valence-electron chi connectivity index (χ1n) is 14.4. The quantitative estimate of drug-likeness (QED) is 0.213. The van der Waals surface area contributed by atoms with Gasteiger partial charge in [0.1, 0.15) is 0 Å². The van der Waals surface area contributed by atoms with Crippen LogP contribution in [0.2, 0.25) is 0 Å². The molecule has 2 heteroatoms. The highest BCUT2D eigenvalue weighted by Gasteiger charge is 2.16. The first kappa shape index (κ1) is 24.2. The molecule has 0 saturated carbocycles. The van der Waals surface area contributed by atoms with E-state index in [4.69, 9.17) is 0 Å². The molecule has 0 spiro atoms. The molecule has 2 nitrogen and oxygen atoms in total. The summed E-state index contributed by atoms with van der Waals surface area (Å²) in [6.45, 7) is 0. The summed E-state index contributed by atoms with van der Waals surface area (Å²) in [5, 5.41) is 11.2. The Morgan fingerprint density at radius 3 is 1.26 bits per heavy atom. The fourth-order valence-electron chi connectivity index (χ4n) is 6.15. The molecule has 0 unspecified atom stereocenters. The van der Waals surface area contributed by atoms with Crippen LogP contribution in [0.4, 0.5) is 28.4 Å². The zero-order valence-electron chi connectivity index (χ0n) is 23.0. The molecule has 198 valence electrons. The molecule has 0 saturated heterocycles. The summed E-state index contributed by atoms with van der Waals surface area (Å²) < 4.78 is 0. The maximum atomic E-state index is 3.48. The molecule has 0 bridgehead atoms. The molecule has 0 aromatic heterocycles. The molecule has 0 aliphatic heterocycles. The zero-order chi connectivity index (χ0) is 27.9. The third-order valence-corrected chi connectivity index (χ3v) is 8.09. The van der Waals surface area contributed by atoms with E-state index in [0.29, 0.717) is 0 Å². The van der Waals surface area contributed by atoms with Gasteiger partial charge < -0.3 is 10.2 Å². The van der Waals surface area contributed by atoms with Gasteiger partial charge >= 0.3 is 0 Å². The summed E-state index contributed by atoms with van der Waals surface area (Å²) in [6.07, 6.45) is 0. The summed E-state index contributed by atoms with van der Waals surface area (Å²) >= 11 is 0. The van der Waals surface area contributed by atoms with Crippen LogP contribution in [0.15, 0.2) is 164 Å².